The van der Waals surface area contributed by atoms with Crippen LogP contribution in [0.3, 0.4) is 0 Å². The van der Waals surface area contributed by atoms with Gasteiger partial charge in [-0.2, -0.15) is 0 Å². The van der Waals surface area contributed by atoms with Crippen LogP contribution in [-0.4, -0.2) is 32.0 Å². The molecule has 25 heavy (non-hydrogen) atoms. The van der Waals surface area contributed by atoms with Gasteiger partial charge in [-0.05, 0) is 49.2 Å². The highest BCUT2D eigenvalue weighted by molar-refractivity contribution is 6.34. The molecule has 0 heterocycles. The van der Waals surface area contributed by atoms with Crippen molar-refractivity contribution >= 4 is 23.4 Å². The van der Waals surface area contributed by atoms with E-state index in [-0.39, 0.29) is 17.9 Å². The Kier molecular flexibility index (Phi) is 6.04. The molecule has 0 saturated carbocycles. The van der Waals surface area contributed by atoms with Crippen LogP contribution < -0.4 is 15.4 Å². The van der Waals surface area contributed by atoms with Crippen LogP contribution in [0.5, 0.6) is 5.75 Å². The zero-order valence-corrected chi connectivity index (χ0v) is 15.4. The van der Waals surface area contributed by atoms with Crippen molar-refractivity contribution in [1.82, 2.24) is 10.6 Å². The molecule has 0 aromatic heterocycles. The zero-order valence-electron chi connectivity index (χ0n) is 14.6. The van der Waals surface area contributed by atoms with E-state index in [1.807, 2.05) is 19.9 Å². The van der Waals surface area contributed by atoms with E-state index in [4.69, 9.17) is 16.3 Å². The normalized spacial score (nSPS) is 10.5. The van der Waals surface area contributed by atoms with Crippen LogP contribution in [0.1, 0.15) is 34.6 Å². The lowest BCUT2D eigenvalue weighted by molar-refractivity contribution is 0.0951. The second-order valence-electron chi connectivity index (χ2n) is 5.73. The number of amides is 2. The van der Waals surface area contributed by atoms with Gasteiger partial charge in [0.1, 0.15) is 5.75 Å². The van der Waals surface area contributed by atoms with Gasteiger partial charge in [-0.3, -0.25) is 9.59 Å². The third-order valence-corrected chi connectivity index (χ3v) is 3.90. The second kappa shape index (κ2) is 8.03. The lowest BCUT2D eigenvalue weighted by Crippen LogP contribution is -2.20. The first kappa shape index (κ1) is 18.8. The van der Waals surface area contributed by atoms with Crippen molar-refractivity contribution in [2.75, 3.05) is 14.1 Å². The molecule has 2 aromatic carbocycles. The quantitative estimate of drug-likeness (QED) is 0.857. The minimum atomic E-state index is -0.247. The van der Waals surface area contributed by atoms with Crippen LogP contribution in [0, 0.1) is 0 Å². The highest BCUT2D eigenvalue weighted by Gasteiger charge is 2.15. The number of halogens is 1. The van der Waals surface area contributed by atoms with Crippen molar-refractivity contribution in [2.24, 2.45) is 0 Å². The molecule has 5 nitrogen and oxygen atoms in total. The predicted molar refractivity (Wildman–Crippen MR) is 99.4 cm³/mol. The summed E-state index contributed by atoms with van der Waals surface area (Å²) < 4.78 is 5.71. The first-order valence-corrected chi connectivity index (χ1v) is 8.30. The summed E-state index contributed by atoms with van der Waals surface area (Å²) in [5.74, 6) is 0.0417. The molecule has 0 bridgehead atoms. The number of carbonyl (C=O) groups excluding carboxylic acids is 2. The third-order valence-electron chi connectivity index (χ3n) is 3.59. The Bertz CT molecular complexity index is 803. The van der Waals surface area contributed by atoms with Gasteiger partial charge in [-0.25, -0.2) is 0 Å². The van der Waals surface area contributed by atoms with Crippen molar-refractivity contribution in [3.63, 3.8) is 0 Å². The van der Waals surface area contributed by atoms with E-state index in [0.717, 1.165) is 11.1 Å². The number of carbonyl (C=O) groups is 2. The molecule has 6 heteroatoms. The highest BCUT2D eigenvalue weighted by atomic mass is 35.5. The zero-order chi connectivity index (χ0) is 18.6. The molecule has 0 atom stereocenters. The molecule has 2 rings (SSSR count). The van der Waals surface area contributed by atoms with Gasteiger partial charge in [0.25, 0.3) is 11.8 Å². The van der Waals surface area contributed by atoms with Crippen LogP contribution in [0.25, 0.3) is 11.1 Å². The lowest BCUT2D eigenvalue weighted by Gasteiger charge is -2.15. The summed E-state index contributed by atoms with van der Waals surface area (Å²) in [6.07, 6.45) is -0.0458. The van der Waals surface area contributed by atoms with Crippen molar-refractivity contribution in [3.05, 3.63) is 52.5 Å². The van der Waals surface area contributed by atoms with E-state index in [1.54, 1.807) is 44.4 Å². The fourth-order valence-electron chi connectivity index (χ4n) is 2.39. The maximum absolute atomic E-state index is 12.2. The molecule has 2 amide bonds. The molecule has 0 fully saturated rings. The Hall–Kier alpha value is -2.53. The van der Waals surface area contributed by atoms with Crippen molar-refractivity contribution in [2.45, 2.75) is 20.0 Å². The van der Waals surface area contributed by atoms with Gasteiger partial charge < -0.3 is 15.4 Å². The predicted octanol–water partition coefficient (Wildman–Crippen LogP) is 3.51. The van der Waals surface area contributed by atoms with E-state index >= 15 is 0 Å². The average molecular weight is 361 g/mol. The van der Waals surface area contributed by atoms with E-state index in [0.29, 0.717) is 21.9 Å². The Labute approximate surface area is 152 Å². The summed E-state index contributed by atoms with van der Waals surface area (Å²) in [7, 11) is 3.12. The molecule has 0 spiro atoms. The molecule has 0 radical (unpaired) electrons. The third kappa shape index (κ3) is 4.31. The molecule has 132 valence electrons. The number of hydrogen-bond donors (Lipinski definition) is 2. The first-order valence-electron chi connectivity index (χ1n) is 7.92. The Morgan fingerprint density at radius 3 is 2.04 bits per heavy atom. The summed E-state index contributed by atoms with van der Waals surface area (Å²) in [5.41, 5.74) is 2.46. The number of rotatable bonds is 5. The fraction of sp³-hybridized carbons (Fsp3) is 0.263. The van der Waals surface area contributed by atoms with Gasteiger partial charge in [0.15, 0.2) is 0 Å². The molecule has 0 aliphatic heterocycles. The van der Waals surface area contributed by atoms with Gasteiger partial charge in [-0.1, -0.05) is 23.7 Å². The Balaban J connectivity index is 2.47. The van der Waals surface area contributed by atoms with Crippen molar-refractivity contribution in [3.8, 4) is 16.9 Å². The standard InChI is InChI=1S/C19H21ClN2O3/c1-11(2)25-17-8-6-12(9-15(17)19(24)22-4)13-5-7-14(16(20)10-13)18(23)21-3/h5-11H,1-4H3,(H,21,23)(H,22,24). The molecule has 0 unspecified atom stereocenters. The second-order valence-corrected chi connectivity index (χ2v) is 6.14. The molecule has 0 aliphatic rings. The summed E-state index contributed by atoms with van der Waals surface area (Å²) in [6.45, 7) is 3.80. The summed E-state index contributed by atoms with van der Waals surface area (Å²) in [5, 5.41) is 5.51. The lowest BCUT2D eigenvalue weighted by atomic mass is 10.0. The molecule has 2 aromatic rings. The average Bonchev–Trinajstić information content (AvgIpc) is 2.60. The summed E-state index contributed by atoms with van der Waals surface area (Å²) in [4.78, 5) is 23.9. The topological polar surface area (TPSA) is 67.4 Å². The van der Waals surface area contributed by atoms with Gasteiger partial charge in [0.05, 0.1) is 22.3 Å². The van der Waals surface area contributed by atoms with Crippen molar-refractivity contribution in [1.29, 1.82) is 0 Å². The Morgan fingerprint density at radius 2 is 1.48 bits per heavy atom. The largest absolute Gasteiger partial charge is 0.490 e. The smallest absolute Gasteiger partial charge is 0.254 e. The SMILES string of the molecule is CNC(=O)c1ccc(-c2ccc(OC(C)C)c(C(=O)NC)c2)cc1Cl. The first-order chi connectivity index (χ1) is 11.9. The van der Waals surface area contributed by atoms with Crippen LogP contribution in [0.15, 0.2) is 36.4 Å². The number of nitrogens with one attached hydrogen (secondary N) is 2. The van der Waals surface area contributed by atoms with Crippen molar-refractivity contribution < 1.29 is 14.3 Å². The monoisotopic (exact) mass is 360 g/mol. The molecular weight excluding hydrogens is 340 g/mol. The maximum atomic E-state index is 12.2. The molecular formula is C19H21ClN2O3. The van der Waals surface area contributed by atoms with Gasteiger partial charge in [0, 0.05) is 14.1 Å². The molecule has 2 N–H and O–H groups in total. The minimum Gasteiger partial charge on any atom is -0.490 e. The number of hydrogen-bond acceptors (Lipinski definition) is 3. The van der Waals surface area contributed by atoms with Crippen LogP contribution >= 0.6 is 11.6 Å². The van der Waals surface area contributed by atoms with E-state index in [2.05, 4.69) is 10.6 Å². The van der Waals surface area contributed by atoms with Crippen LogP contribution in [0.2, 0.25) is 5.02 Å². The molecule has 0 aliphatic carbocycles. The van der Waals surface area contributed by atoms with E-state index in [1.165, 1.54) is 0 Å². The van der Waals surface area contributed by atoms with Gasteiger partial charge in [-0.15, -0.1) is 0 Å². The summed E-state index contributed by atoms with van der Waals surface area (Å²) >= 11 is 6.22. The summed E-state index contributed by atoms with van der Waals surface area (Å²) in [6, 6.07) is 10.5. The van der Waals surface area contributed by atoms with Gasteiger partial charge >= 0.3 is 0 Å². The van der Waals surface area contributed by atoms with Crippen LogP contribution in [0.4, 0.5) is 0 Å². The van der Waals surface area contributed by atoms with E-state index < -0.39 is 0 Å². The maximum Gasteiger partial charge on any atom is 0.254 e. The minimum absolute atomic E-state index is 0.0458. The Morgan fingerprint density at radius 1 is 0.920 bits per heavy atom. The van der Waals surface area contributed by atoms with E-state index in [9.17, 15) is 9.59 Å². The number of benzene rings is 2. The highest BCUT2D eigenvalue weighted by Crippen LogP contribution is 2.30. The fourth-order valence-corrected chi connectivity index (χ4v) is 2.66. The number of ether oxygens (including phenoxy) is 1. The van der Waals surface area contributed by atoms with Gasteiger partial charge in [0.2, 0.25) is 0 Å². The van der Waals surface area contributed by atoms with Crippen LogP contribution in [-0.2, 0) is 0 Å². The molecule has 0 saturated heterocycles.